The van der Waals surface area contributed by atoms with E-state index in [9.17, 15) is 8.42 Å². The third-order valence-corrected chi connectivity index (χ3v) is 5.66. The monoisotopic (exact) mass is 312 g/mol. The number of methoxy groups -OCH3 is 1. The molecule has 1 aliphatic rings. The zero-order chi connectivity index (χ0) is 15.5. The van der Waals surface area contributed by atoms with Crippen LogP contribution in [0.2, 0.25) is 0 Å². The first-order chi connectivity index (χ1) is 9.96. The van der Waals surface area contributed by atoms with Crippen molar-refractivity contribution >= 4 is 10.0 Å². The fraction of sp³-hybridized carbons (Fsp3) is 0.600. The molecule has 0 amide bonds. The Hall–Kier alpha value is -0.950. The van der Waals surface area contributed by atoms with Gasteiger partial charge in [0, 0.05) is 19.2 Å². The van der Waals surface area contributed by atoms with E-state index in [2.05, 4.69) is 10.0 Å². The molecule has 1 fully saturated rings. The van der Waals surface area contributed by atoms with Gasteiger partial charge in [0.05, 0.1) is 11.0 Å². The van der Waals surface area contributed by atoms with Crippen LogP contribution in [-0.2, 0) is 14.8 Å². The number of sulfonamides is 1. The highest BCUT2D eigenvalue weighted by Gasteiger charge is 2.28. The molecule has 118 valence electrons. The molecule has 0 aliphatic heterocycles. The van der Waals surface area contributed by atoms with E-state index in [4.69, 9.17) is 4.74 Å². The minimum absolute atomic E-state index is 0.0367. The molecular formula is C15H24N2O3S. The largest absolute Gasteiger partial charge is 0.381 e. The second-order valence-electron chi connectivity index (χ2n) is 5.57. The molecule has 21 heavy (non-hydrogen) atoms. The summed E-state index contributed by atoms with van der Waals surface area (Å²) >= 11 is 0. The average Bonchev–Trinajstić information content (AvgIpc) is 2.93. The summed E-state index contributed by atoms with van der Waals surface area (Å²) in [7, 11) is 0.0525. The maximum atomic E-state index is 12.5. The molecule has 3 unspecified atom stereocenters. The lowest BCUT2D eigenvalue weighted by atomic mass is 10.1. The Morgan fingerprint density at radius 2 is 2.10 bits per heavy atom. The standard InChI is InChI=1S/C15H24N2O3S/c1-11(16-2)12-5-4-6-15(9-12)21(18,19)17-13-7-8-14(10-13)20-3/h4-6,9,11,13-14,16-17H,7-8,10H2,1-3H3. The van der Waals surface area contributed by atoms with E-state index in [1.807, 2.05) is 20.0 Å². The van der Waals surface area contributed by atoms with E-state index in [0.29, 0.717) is 4.90 Å². The van der Waals surface area contributed by atoms with Crippen LogP contribution >= 0.6 is 0 Å². The summed E-state index contributed by atoms with van der Waals surface area (Å²) in [6.45, 7) is 2.00. The Morgan fingerprint density at radius 3 is 2.71 bits per heavy atom. The Bertz CT molecular complexity index is 574. The van der Waals surface area contributed by atoms with Crippen LogP contribution in [0.3, 0.4) is 0 Å². The summed E-state index contributed by atoms with van der Waals surface area (Å²) in [6, 6.07) is 7.15. The van der Waals surface area contributed by atoms with Gasteiger partial charge in [-0.3, -0.25) is 0 Å². The van der Waals surface area contributed by atoms with Crippen LogP contribution in [0.5, 0.6) is 0 Å². The first-order valence-corrected chi connectivity index (χ1v) is 8.77. The van der Waals surface area contributed by atoms with Crippen molar-refractivity contribution in [3.63, 3.8) is 0 Å². The highest BCUT2D eigenvalue weighted by atomic mass is 32.2. The minimum atomic E-state index is -3.47. The van der Waals surface area contributed by atoms with Gasteiger partial charge in [-0.2, -0.15) is 0 Å². The summed E-state index contributed by atoms with van der Waals surface area (Å²) in [5.41, 5.74) is 0.960. The first kappa shape index (κ1) is 16.4. The van der Waals surface area contributed by atoms with Crippen LogP contribution in [0, 0.1) is 0 Å². The van der Waals surface area contributed by atoms with Crippen LogP contribution in [0.4, 0.5) is 0 Å². The van der Waals surface area contributed by atoms with Gasteiger partial charge in [0.2, 0.25) is 10.0 Å². The SMILES string of the molecule is CNC(C)c1cccc(S(=O)(=O)NC2CCC(OC)C2)c1. The minimum Gasteiger partial charge on any atom is -0.381 e. The molecule has 0 spiro atoms. The number of nitrogens with one attached hydrogen (secondary N) is 2. The molecule has 5 nitrogen and oxygen atoms in total. The lowest BCUT2D eigenvalue weighted by Crippen LogP contribution is -2.33. The van der Waals surface area contributed by atoms with Crippen LogP contribution in [0.15, 0.2) is 29.2 Å². The van der Waals surface area contributed by atoms with Gasteiger partial charge in [0.15, 0.2) is 0 Å². The van der Waals surface area contributed by atoms with E-state index >= 15 is 0 Å². The van der Waals surface area contributed by atoms with Crippen LogP contribution < -0.4 is 10.0 Å². The van der Waals surface area contributed by atoms with Gasteiger partial charge in [-0.1, -0.05) is 12.1 Å². The van der Waals surface area contributed by atoms with Crippen LogP contribution in [0.25, 0.3) is 0 Å². The molecule has 1 saturated carbocycles. The fourth-order valence-electron chi connectivity index (χ4n) is 2.67. The third-order valence-electron chi connectivity index (χ3n) is 4.14. The number of benzene rings is 1. The Balaban J connectivity index is 2.12. The molecule has 0 heterocycles. The van der Waals surface area contributed by atoms with Gasteiger partial charge in [-0.25, -0.2) is 13.1 Å². The third kappa shape index (κ3) is 4.03. The van der Waals surface area contributed by atoms with Crippen molar-refractivity contribution in [3.05, 3.63) is 29.8 Å². The second-order valence-corrected chi connectivity index (χ2v) is 7.29. The molecular weight excluding hydrogens is 288 g/mol. The quantitative estimate of drug-likeness (QED) is 0.841. The van der Waals surface area contributed by atoms with Crippen molar-refractivity contribution in [2.24, 2.45) is 0 Å². The maximum Gasteiger partial charge on any atom is 0.240 e. The fourth-order valence-corrected chi connectivity index (χ4v) is 4.00. The summed E-state index contributed by atoms with van der Waals surface area (Å²) in [5, 5.41) is 3.11. The second kappa shape index (κ2) is 6.87. The molecule has 0 aromatic heterocycles. The van der Waals surface area contributed by atoms with Crippen LogP contribution in [-0.4, -0.2) is 34.7 Å². The number of rotatable bonds is 6. The molecule has 3 atom stereocenters. The Kier molecular flexibility index (Phi) is 5.37. The number of hydrogen-bond acceptors (Lipinski definition) is 4. The molecule has 0 radical (unpaired) electrons. The smallest absolute Gasteiger partial charge is 0.240 e. The van der Waals surface area contributed by atoms with Crippen LogP contribution in [0.1, 0.15) is 37.8 Å². The van der Waals surface area contributed by atoms with Crippen molar-refractivity contribution < 1.29 is 13.2 Å². The molecule has 1 aromatic carbocycles. The van der Waals surface area contributed by atoms with Gasteiger partial charge >= 0.3 is 0 Å². The predicted octanol–water partition coefficient (Wildman–Crippen LogP) is 1.81. The molecule has 1 aliphatic carbocycles. The van der Waals surface area contributed by atoms with E-state index in [0.717, 1.165) is 24.8 Å². The number of ether oxygens (including phenoxy) is 1. The lowest BCUT2D eigenvalue weighted by molar-refractivity contribution is 0.107. The van der Waals surface area contributed by atoms with Gasteiger partial charge in [0.25, 0.3) is 0 Å². The zero-order valence-electron chi connectivity index (χ0n) is 12.8. The van der Waals surface area contributed by atoms with Crippen molar-refractivity contribution in [2.75, 3.05) is 14.2 Å². The molecule has 2 N–H and O–H groups in total. The lowest BCUT2D eigenvalue weighted by Gasteiger charge is -2.15. The first-order valence-electron chi connectivity index (χ1n) is 7.28. The van der Waals surface area contributed by atoms with E-state index in [1.165, 1.54) is 0 Å². The van der Waals surface area contributed by atoms with E-state index < -0.39 is 10.0 Å². The van der Waals surface area contributed by atoms with E-state index in [-0.39, 0.29) is 18.2 Å². The maximum absolute atomic E-state index is 12.5. The van der Waals surface area contributed by atoms with Gasteiger partial charge in [-0.15, -0.1) is 0 Å². The van der Waals surface area contributed by atoms with Gasteiger partial charge in [0.1, 0.15) is 0 Å². The van der Waals surface area contributed by atoms with Crippen molar-refractivity contribution in [3.8, 4) is 0 Å². The van der Waals surface area contributed by atoms with Crippen molar-refractivity contribution in [1.82, 2.24) is 10.0 Å². The Labute approximate surface area is 127 Å². The zero-order valence-corrected chi connectivity index (χ0v) is 13.6. The summed E-state index contributed by atoms with van der Waals surface area (Å²) in [5.74, 6) is 0. The number of hydrogen-bond donors (Lipinski definition) is 2. The molecule has 0 bridgehead atoms. The molecule has 2 rings (SSSR count). The highest BCUT2D eigenvalue weighted by Crippen LogP contribution is 2.24. The average molecular weight is 312 g/mol. The van der Waals surface area contributed by atoms with Crippen molar-refractivity contribution in [2.45, 2.75) is 49.3 Å². The molecule has 6 heteroatoms. The summed E-state index contributed by atoms with van der Waals surface area (Å²) in [4.78, 5) is 0.322. The van der Waals surface area contributed by atoms with E-state index in [1.54, 1.807) is 25.3 Å². The summed E-state index contributed by atoms with van der Waals surface area (Å²) in [6.07, 6.45) is 2.63. The Morgan fingerprint density at radius 1 is 1.33 bits per heavy atom. The predicted molar refractivity (Wildman–Crippen MR) is 82.7 cm³/mol. The summed E-state index contributed by atoms with van der Waals surface area (Å²) < 4.78 is 33.0. The normalized spacial score (nSPS) is 24.1. The highest BCUT2D eigenvalue weighted by molar-refractivity contribution is 7.89. The van der Waals surface area contributed by atoms with Crippen molar-refractivity contribution in [1.29, 1.82) is 0 Å². The molecule has 0 saturated heterocycles. The molecule has 1 aromatic rings. The van der Waals surface area contributed by atoms with Gasteiger partial charge in [-0.05, 0) is 50.9 Å². The topological polar surface area (TPSA) is 67.4 Å². The van der Waals surface area contributed by atoms with Gasteiger partial charge < -0.3 is 10.1 Å².